The number of amides is 1. The van der Waals surface area contributed by atoms with Crippen LogP contribution in [0.5, 0.6) is 0 Å². The molecule has 2 aromatic rings. The number of hydrogen-bond acceptors (Lipinski definition) is 4. The third kappa shape index (κ3) is 7.86. The molecule has 0 radical (unpaired) electrons. The molecule has 0 aliphatic heterocycles. The van der Waals surface area contributed by atoms with Crippen LogP contribution in [-0.2, 0) is 16.9 Å². The van der Waals surface area contributed by atoms with Crippen molar-refractivity contribution >= 4 is 52.9 Å². The number of carbonyl (C=O) groups is 1. The summed E-state index contributed by atoms with van der Waals surface area (Å²) in [6.07, 6.45) is 0. The molecule has 1 aromatic carbocycles. The minimum atomic E-state index is -0.971. The first-order chi connectivity index (χ1) is 12.4. The van der Waals surface area contributed by atoms with E-state index in [0.29, 0.717) is 19.0 Å². The predicted octanol–water partition coefficient (Wildman–Crippen LogP) is 3.29. The number of aliphatic hydroxyl groups is 1. The maximum Gasteiger partial charge on any atom is 0.221 e. The van der Waals surface area contributed by atoms with Gasteiger partial charge in [0.05, 0.1) is 13.1 Å². The number of halogens is 1. The second-order valence-electron chi connectivity index (χ2n) is 6.22. The highest BCUT2D eigenvalue weighted by Crippen LogP contribution is 2.22. The molecule has 6 nitrogen and oxygen atoms in total. The van der Waals surface area contributed by atoms with Crippen LogP contribution < -0.4 is 16.0 Å². The monoisotopic (exact) mass is 502 g/mol. The average Bonchev–Trinajstić information content (AvgIpc) is 3.13. The van der Waals surface area contributed by atoms with Crippen molar-refractivity contribution in [2.75, 3.05) is 18.4 Å². The van der Waals surface area contributed by atoms with E-state index in [1.165, 1.54) is 6.92 Å². The number of rotatable bonds is 7. The number of thiophene rings is 1. The Labute approximate surface area is 181 Å². The molecule has 0 saturated carbocycles. The molecule has 0 spiro atoms. The van der Waals surface area contributed by atoms with Crippen LogP contribution in [0.25, 0.3) is 0 Å². The fourth-order valence-electron chi connectivity index (χ4n) is 2.39. The van der Waals surface area contributed by atoms with Crippen LogP contribution in [0.15, 0.2) is 46.1 Å². The van der Waals surface area contributed by atoms with Crippen LogP contribution in [-0.4, -0.2) is 30.1 Å². The van der Waals surface area contributed by atoms with Gasteiger partial charge in [-0.2, -0.15) is 11.3 Å². The maximum atomic E-state index is 11.2. The van der Waals surface area contributed by atoms with Gasteiger partial charge >= 0.3 is 0 Å². The SMILES string of the molecule is CCNC(=NCc1cccc(NC(C)=O)c1)NCC(C)(O)c1ccsc1.I. The molecular weight excluding hydrogens is 475 g/mol. The lowest BCUT2D eigenvalue weighted by Gasteiger charge is -2.24. The number of benzene rings is 1. The van der Waals surface area contributed by atoms with E-state index in [0.717, 1.165) is 23.4 Å². The van der Waals surface area contributed by atoms with Crippen molar-refractivity contribution in [3.63, 3.8) is 0 Å². The molecule has 1 aromatic heterocycles. The Hall–Kier alpha value is -1.65. The summed E-state index contributed by atoms with van der Waals surface area (Å²) in [5.41, 5.74) is 1.65. The van der Waals surface area contributed by atoms with Crippen molar-refractivity contribution in [1.82, 2.24) is 10.6 Å². The minimum Gasteiger partial charge on any atom is -0.384 e. The first-order valence-electron chi connectivity index (χ1n) is 8.54. The Bertz CT molecular complexity index is 748. The Balaban J connectivity index is 0.00000364. The second-order valence-corrected chi connectivity index (χ2v) is 7.00. The zero-order valence-corrected chi connectivity index (χ0v) is 18.9. The molecule has 4 N–H and O–H groups in total. The summed E-state index contributed by atoms with van der Waals surface area (Å²) in [7, 11) is 0. The number of guanidine groups is 1. The molecule has 148 valence electrons. The number of hydrogen-bond donors (Lipinski definition) is 4. The quantitative estimate of drug-likeness (QED) is 0.266. The summed E-state index contributed by atoms with van der Waals surface area (Å²) in [4.78, 5) is 15.7. The minimum absolute atomic E-state index is 0. The van der Waals surface area contributed by atoms with Gasteiger partial charge in [-0.05, 0) is 53.9 Å². The Morgan fingerprint density at radius 3 is 2.70 bits per heavy atom. The Morgan fingerprint density at radius 1 is 1.30 bits per heavy atom. The summed E-state index contributed by atoms with van der Waals surface area (Å²) in [5, 5.41) is 23.6. The number of nitrogens with zero attached hydrogens (tertiary/aromatic N) is 1. The largest absolute Gasteiger partial charge is 0.384 e. The van der Waals surface area contributed by atoms with Gasteiger partial charge in [0.1, 0.15) is 5.60 Å². The van der Waals surface area contributed by atoms with Gasteiger partial charge < -0.3 is 21.1 Å². The molecule has 8 heteroatoms. The van der Waals surface area contributed by atoms with Crippen molar-refractivity contribution in [3.8, 4) is 0 Å². The average molecular weight is 502 g/mol. The van der Waals surface area contributed by atoms with Crippen molar-refractivity contribution in [3.05, 3.63) is 52.2 Å². The second kappa shape index (κ2) is 11.3. The molecular formula is C19H27IN4O2S. The molecule has 27 heavy (non-hydrogen) atoms. The number of carbonyl (C=O) groups excluding carboxylic acids is 1. The normalized spacial score (nSPS) is 13.3. The molecule has 0 aliphatic rings. The zero-order valence-electron chi connectivity index (χ0n) is 15.8. The van der Waals surface area contributed by atoms with Crippen LogP contribution in [0.4, 0.5) is 5.69 Å². The van der Waals surface area contributed by atoms with E-state index in [1.54, 1.807) is 18.3 Å². The van der Waals surface area contributed by atoms with E-state index in [2.05, 4.69) is 20.9 Å². The van der Waals surface area contributed by atoms with Crippen LogP contribution >= 0.6 is 35.3 Å². The fourth-order valence-corrected chi connectivity index (χ4v) is 3.17. The van der Waals surface area contributed by atoms with Crippen molar-refractivity contribution in [1.29, 1.82) is 0 Å². The van der Waals surface area contributed by atoms with Crippen LogP contribution in [0.3, 0.4) is 0 Å². The maximum absolute atomic E-state index is 11.2. The summed E-state index contributed by atoms with van der Waals surface area (Å²) in [6.45, 7) is 6.79. The van der Waals surface area contributed by atoms with Gasteiger partial charge in [0.2, 0.25) is 5.91 Å². The number of aliphatic imine (C=N–C) groups is 1. The number of anilines is 1. The molecule has 1 heterocycles. The highest BCUT2D eigenvalue weighted by Gasteiger charge is 2.23. The molecule has 0 fully saturated rings. The first kappa shape index (κ1) is 23.4. The smallest absolute Gasteiger partial charge is 0.221 e. The fraction of sp³-hybridized carbons (Fsp3) is 0.368. The predicted molar refractivity (Wildman–Crippen MR) is 123 cm³/mol. The van der Waals surface area contributed by atoms with Gasteiger partial charge in [-0.25, -0.2) is 4.99 Å². The van der Waals surface area contributed by atoms with Gasteiger partial charge in [-0.3, -0.25) is 4.79 Å². The summed E-state index contributed by atoms with van der Waals surface area (Å²) in [5.74, 6) is 0.532. The van der Waals surface area contributed by atoms with E-state index in [9.17, 15) is 9.90 Å². The molecule has 1 atom stereocenters. The third-order valence-electron chi connectivity index (χ3n) is 3.75. The highest BCUT2D eigenvalue weighted by molar-refractivity contribution is 14.0. The van der Waals surface area contributed by atoms with Crippen LogP contribution in [0, 0.1) is 0 Å². The van der Waals surface area contributed by atoms with E-state index < -0.39 is 5.60 Å². The Morgan fingerprint density at radius 2 is 2.07 bits per heavy atom. The number of nitrogens with one attached hydrogen (secondary N) is 3. The standard InChI is InChI=1S/C19H26N4O2S.HI/c1-4-20-18(22-13-19(3,25)16-8-9-26-12-16)21-11-15-6-5-7-17(10-15)23-14(2)24;/h5-10,12,25H,4,11,13H2,1-3H3,(H,23,24)(H2,20,21,22);1H. The third-order valence-corrected chi connectivity index (χ3v) is 4.44. The van der Waals surface area contributed by atoms with E-state index in [1.807, 2.05) is 48.0 Å². The molecule has 1 unspecified atom stereocenters. The zero-order chi connectivity index (χ0) is 19.0. The summed E-state index contributed by atoms with van der Waals surface area (Å²) < 4.78 is 0. The van der Waals surface area contributed by atoms with Crippen molar-refractivity contribution in [2.24, 2.45) is 4.99 Å². The van der Waals surface area contributed by atoms with E-state index in [-0.39, 0.29) is 29.9 Å². The van der Waals surface area contributed by atoms with Gasteiger partial charge in [0.15, 0.2) is 5.96 Å². The Kier molecular flexibility index (Phi) is 9.75. The molecule has 1 amide bonds. The van der Waals surface area contributed by atoms with Gasteiger partial charge in [0.25, 0.3) is 0 Å². The van der Waals surface area contributed by atoms with Crippen molar-refractivity contribution < 1.29 is 9.90 Å². The van der Waals surface area contributed by atoms with Crippen LogP contribution in [0.1, 0.15) is 31.9 Å². The summed E-state index contributed by atoms with van der Waals surface area (Å²) in [6, 6.07) is 9.51. The van der Waals surface area contributed by atoms with Gasteiger partial charge in [-0.1, -0.05) is 12.1 Å². The van der Waals surface area contributed by atoms with Crippen molar-refractivity contribution in [2.45, 2.75) is 32.9 Å². The highest BCUT2D eigenvalue weighted by atomic mass is 127. The van der Waals surface area contributed by atoms with Gasteiger partial charge in [0, 0.05) is 19.2 Å². The lowest BCUT2D eigenvalue weighted by Crippen LogP contribution is -2.44. The lowest BCUT2D eigenvalue weighted by atomic mass is 9.99. The first-order valence-corrected chi connectivity index (χ1v) is 9.49. The summed E-state index contributed by atoms with van der Waals surface area (Å²) >= 11 is 1.56. The van der Waals surface area contributed by atoms with Gasteiger partial charge in [-0.15, -0.1) is 24.0 Å². The lowest BCUT2D eigenvalue weighted by molar-refractivity contribution is -0.114. The molecule has 0 bridgehead atoms. The molecule has 0 aliphatic carbocycles. The topological polar surface area (TPSA) is 85.8 Å². The van der Waals surface area contributed by atoms with E-state index >= 15 is 0 Å². The van der Waals surface area contributed by atoms with E-state index in [4.69, 9.17) is 0 Å². The molecule has 0 saturated heterocycles. The van der Waals surface area contributed by atoms with Crippen LogP contribution in [0.2, 0.25) is 0 Å². The molecule has 2 rings (SSSR count).